The number of hydrogen-bond donors (Lipinski definition) is 2. The Hall–Kier alpha value is -1.75. The van der Waals surface area contributed by atoms with Gasteiger partial charge in [-0.05, 0) is 37.0 Å². The lowest BCUT2D eigenvalue weighted by Crippen LogP contribution is -2.22. The topological polar surface area (TPSA) is 73.6 Å². The fraction of sp³-hybridized carbons (Fsp3) is 0.500. The number of carbonyl (C=O) groups is 1. The van der Waals surface area contributed by atoms with Crippen molar-refractivity contribution in [1.82, 2.24) is 5.32 Å². The van der Waals surface area contributed by atoms with E-state index < -0.39 is 0 Å². The van der Waals surface area contributed by atoms with Crippen LogP contribution in [-0.2, 0) is 4.74 Å². The first-order valence-corrected chi connectivity index (χ1v) is 6.53. The third kappa shape index (κ3) is 3.61. The highest BCUT2D eigenvalue weighted by molar-refractivity contribution is 5.95. The Morgan fingerprint density at radius 2 is 2.21 bits per heavy atom. The Kier molecular flexibility index (Phi) is 4.63. The molecule has 1 aromatic carbocycles. The van der Waals surface area contributed by atoms with Crippen molar-refractivity contribution < 1.29 is 14.3 Å². The van der Waals surface area contributed by atoms with Gasteiger partial charge in [0.1, 0.15) is 5.75 Å². The van der Waals surface area contributed by atoms with E-state index in [1.807, 2.05) is 0 Å². The quantitative estimate of drug-likeness (QED) is 0.807. The lowest BCUT2D eigenvalue weighted by atomic mass is 10.0. The summed E-state index contributed by atoms with van der Waals surface area (Å²) in [6, 6.07) is 5.08. The maximum atomic E-state index is 11.6. The second kappa shape index (κ2) is 6.43. The van der Waals surface area contributed by atoms with Gasteiger partial charge in [-0.1, -0.05) is 0 Å². The molecule has 2 rings (SSSR count). The van der Waals surface area contributed by atoms with E-state index in [2.05, 4.69) is 5.32 Å². The molecule has 1 aliphatic heterocycles. The highest BCUT2D eigenvalue weighted by Gasteiger charge is 2.15. The van der Waals surface area contributed by atoms with Crippen molar-refractivity contribution in [2.24, 2.45) is 5.92 Å². The molecule has 5 nitrogen and oxygen atoms in total. The number of anilines is 1. The van der Waals surface area contributed by atoms with Gasteiger partial charge in [0.2, 0.25) is 0 Å². The molecule has 0 radical (unpaired) electrons. The van der Waals surface area contributed by atoms with Gasteiger partial charge in [0.25, 0.3) is 5.91 Å². The van der Waals surface area contributed by atoms with E-state index >= 15 is 0 Å². The molecular weight excluding hydrogens is 244 g/mol. The largest absolute Gasteiger partial charge is 0.491 e. The van der Waals surface area contributed by atoms with Crippen molar-refractivity contribution >= 4 is 11.6 Å². The number of rotatable bonds is 4. The first-order chi connectivity index (χ1) is 9.20. The highest BCUT2D eigenvalue weighted by Crippen LogP contribution is 2.25. The van der Waals surface area contributed by atoms with Gasteiger partial charge in [-0.3, -0.25) is 4.79 Å². The van der Waals surface area contributed by atoms with Crippen molar-refractivity contribution in [3.63, 3.8) is 0 Å². The summed E-state index contributed by atoms with van der Waals surface area (Å²) in [5.74, 6) is 0.931. The van der Waals surface area contributed by atoms with Gasteiger partial charge in [0.15, 0.2) is 0 Å². The van der Waals surface area contributed by atoms with Gasteiger partial charge in [0.05, 0.1) is 12.3 Å². The molecule has 1 amide bonds. The van der Waals surface area contributed by atoms with E-state index in [0.717, 1.165) is 26.1 Å². The zero-order valence-corrected chi connectivity index (χ0v) is 11.1. The molecule has 3 N–H and O–H groups in total. The predicted octanol–water partition coefficient (Wildman–Crippen LogP) is 1.43. The Balaban J connectivity index is 2.00. The maximum absolute atomic E-state index is 11.6. The van der Waals surface area contributed by atoms with Crippen molar-refractivity contribution in [1.29, 1.82) is 0 Å². The van der Waals surface area contributed by atoms with Crippen LogP contribution in [0.4, 0.5) is 5.69 Å². The molecule has 1 saturated heterocycles. The molecule has 1 fully saturated rings. The van der Waals surface area contributed by atoms with Crippen molar-refractivity contribution in [3.8, 4) is 5.75 Å². The minimum absolute atomic E-state index is 0.143. The highest BCUT2D eigenvalue weighted by atomic mass is 16.5. The zero-order chi connectivity index (χ0) is 13.7. The van der Waals surface area contributed by atoms with Gasteiger partial charge in [-0.2, -0.15) is 0 Å². The molecule has 0 saturated carbocycles. The van der Waals surface area contributed by atoms with Crippen molar-refractivity contribution in [2.75, 3.05) is 32.6 Å². The fourth-order valence-corrected chi connectivity index (χ4v) is 2.07. The third-order valence-electron chi connectivity index (χ3n) is 3.32. The van der Waals surface area contributed by atoms with Crippen LogP contribution in [0, 0.1) is 5.92 Å². The summed E-state index contributed by atoms with van der Waals surface area (Å²) in [5.41, 5.74) is 6.97. The lowest BCUT2D eigenvalue weighted by molar-refractivity contribution is 0.0498. The van der Waals surface area contributed by atoms with E-state index in [1.54, 1.807) is 25.2 Å². The Labute approximate surface area is 113 Å². The number of nitrogens with two attached hydrogens (primary N) is 1. The zero-order valence-electron chi connectivity index (χ0n) is 11.1. The standard InChI is InChI=1S/C14H20N2O3/c1-16-14(17)11-2-3-12(15)13(8-11)19-9-10-4-6-18-7-5-10/h2-3,8,10H,4-7,9,15H2,1H3,(H,16,17). The van der Waals surface area contributed by atoms with Gasteiger partial charge >= 0.3 is 0 Å². The molecule has 1 aromatic rings. The number of hydrogen-bond acceptors (Lipinski definition) is 4. The van der Waals surface area contributed by atoms with Gasteiger partial charge in [0, 0.05) is 25.8 Å². The minimum Gasteiger partial charge on any atom is -0.491 e. The molecule has 1 heterocycles. The van der Waals surface area contributed by atoms with Crippen LogP contribution in [0.2, 0.25) is 0 Å². The molecule has 0 aliphatic carbocycles. The second-order valence-corrected chi connectivity index (χ2v) is 4.70. The molecule has 0 unspecified atom stereocenters. The van der Waals surface area contributed by atoms with Crippen LogP contribution in [0.5, 0.6) is 5.75 Å². The summed E-state index contributed by atoms with van der Waals surface area (Å²) in [5, 5.41) is 2.58. The van der Waals surface area contributed by atoms with Gasteiger partial charge in [-0.25, -0.2) is 0 Å². The SMILES string of the molecule is CNC(=O)c1ccc(N)c(OCC2CCOCC2)c1. The average Bonchev–Trinajstić information content (AvgIpc) is 2.46. The van der Waals surface area contributed by atoms with E-state index in [1.165, 1.54) is 0 Å². The van der Waals surface area contributed by atoms with E-state index in [-0.39, 0.29) is 5.91 Å². The number of nitrogen functional groups attached to an aromatic ring is 1. The van der Waals surface area contributed by atoms with Crippen LogP contribution >= 0.6 is 0 Å². The van der Waals surface area contributed by atoms with Gasteiger partial charge < -0.3 is 20.5 Å². The van der Waals surface area contributed by atoms with Crippen LogP contribution in [0.15, 0.2) is 18.2 Å². The molecule has 5 heteroatoms. The summed E-state index contributed by atoms with van der Waals surface area (Å²) in [4.78, 5) is 11.6. The molecule has 104 valence electrons. The number of carbonyl (C=O) groups excluding carboxylic acids is 1. The van der Waals surface area contributed by atoms with Crippen molar-refractivity contribution in [2.45, 2.75) is 12.8 Å². The molecule has 0 bridgehead atoms. The van der Waals surface area contributed by atoms with Crippen LogP contribution < -0.4 is 15.8 Å². The molecule has 1 aliphatic rings. The van der Waals surface area contributed by atoms with E-state index in [0.29, 0.717) is 29.5 Å². The van der Waals surface area contributed by atoms with Crippen LogP contribution in [0.3, 0.4) is 0 Å². The summed E-state index contributed by atoms with van der Waals surface area (Å²) in [6.07, 6.45) is 2.02. The second-order valence-electron chi connectivity index (χ2n) is 4.70. The number of benzene rings is 1. The van der Waals surface area contributed by atoms with Crippen LogP contribution in [0.25, 0.3) is 0 Å². The summed E-state index contributed by atoms with van der Waals surface area (Å²) >= 11 is 0. The van der Waals surface area contributed by atoms with E-state index in [4.69, 9.17) is 15.2 Å². The number of amides is 1. The van der Waals surface area contributed by atoms with Crippen molar-refractivity contribution in [3.05, 3.63) is 23.8 Å². The monoisotopic (exact) mass is 264 g/mol. The number of nitrogens with one attached hydrogen (secondary N) is 1. The maximum Gasteiger partial charge on any atom is 0.251 e. The molecule has 0 aromatic heterocycles. The minimum atomic E-state index is -0.143. The lowest BCUT2D eigenvalue weighted by Gasteiger charge is -2.22. The smallest absolute Gasteiger partial charge is 0.251 e. The van der Waals surface area contributed by atoms with E-state index in [9.17, 15) is 4.79 Å². The average molecular weight is 264 g/mol. The summed E-state index contributed by atoms with van der Waals surface area (Å²) in [7, 11) is 1.60. The molecule has 0 spiro atoms. The molecule has 19 heavy (non-hydrogen) atoms. The molecule has 0 atom stereocenters. The molecular formula is C14H20N2O3. The van der Waals surface area contributed by atoms with Gasteiger partial charge in [-0.15, -0.1) is 0 Å². The predicted molar refractivity (Wildman–Crippen MR) is 73.3 cm³/mol. The number of ether oxygens (including phenoxy) is 2. The third-order valence-corrected chi connectivity index (χ3v) is 3.32. The van der Waals surface area contributed by atoms with Crippen LogP contribution in [-0.4, -0.2) is 32.8 Å². The Bertz CT molecular complexity index is 442. The Morgan fingerprint density at radius 3 is 2.89 bits per heavy atom. The summed E-state index contributed by atoms with van der Waals surface area (Å²) < 4.78 is 11.1. The fourth-order valence-electron chi connectivity index (χ4n) is 2.07. The van der Waals surface area contributed by atoms with Crippen LogP contribution in [0.1, 0.15) is 23.2 Å². The first kappa shape index (κ1) is 13.7. The summed E-state index contributed by atoms with van der Waals surface area (Å²) in [6.45, 7) is 2.20. The normalized spacial score (nSPS) is 16.1. The first-order valence-electron chi connectivity index (χ1n) is 6.53. The Morgan fingerprint density at radius 1 is 1.47 bits per heavy atom.